The molecule has 0 aliphatic carbocycles. The van der Waals surface area contributed by atoms with Gasteiger partial charge in [-0.25, -0.2) is 13.6 Å². The molecule has 1 heterocycles. The molecule has 8 heteroatoms. The number of carbonyl (C=O) groups excluding carboxylic acids is 1. The first-order valence-corrected chi connectivity index (χ1v) is 10.2. The fraction of sp³-hybridized carbons (Fsp3) is 0.316. The molecule has 1 fully saturated rings. The van der Waals surface area contributed by atoms with Gasteiger partial charge in [-0.05, 0) is 42.5 Å². The molecule has 1 aliphatic heterocycles. The Morgan fingerprint density at radius 2 is 1.74 bits per heavy atom. The maximum Gasteiger partial charge on any atom is 0.238 e. The summed E-state index contributed by atoms with van der Waals surface area (Å²) in [6.07, 6.45) is 2.39. The SMILES string of the molecule is Cl.NS(=O)(=O)c1ccc(CCNC(=O)[C@H]2CC[C@H](c3ccccc3)N2)cc1. The van der Waals surface area contributed by atoms with Crippen molar-refractivity contribution in [2.45, 2.75) is 36.2 Å². The molecule has 2 atom stereocenters. The third-order valence-electron chi connectivity index (χ3n) is 4.63. The minimum Gasteiger partial charge on any atom is -0.354 e. The van der Waals surface area contributed by atoms with Gasteiger partial charge in [0.2, 0.25) is 15.9 Å². The van der Waals surface area contributed by atoms with E-state index in [1.165, 1.54) is 17.7 Å². The lowest BCUT2D eigenvalue weighted by Crippen LogP contribution is -2.41. The lowest BCUT2D eigenvalue weighted by Gasteiger charge is -2.15. The molecule has 2 aromatic carbocycles. The zero-order valence-corrected chi connectivity index (χ0v) is 16.4. The van der Waals surface area contributed by atoms with Crippen LogP contribution < -0.4 is 15.8 Å². The van der Waals surface area contributed by atoms with Crippen LogP contribution in [-0.2, 0) is 21.2 Å². The lowest BCUT2D eigenvalue weighted by molar-refractivity contribution is -0.122. The third-order valence-corrected chi connectivity index (χ3v) is 5.56. The Bertz CT molecular complexity index is 858. The van der Waals surface area contributed by atoms with Gasteiger partial charge in [0.25, 0.3) is 0 Å². The van der Waals surface area contributed by atoms with Crippen LogP contribution >= 0.6 is 12.4 Å². The Balaban J connectivity index is 0.00000261. The minimum atomic E-state index is -3.67. The van der Waals surface area contributed by atoms with Crippen LogP contribution in [0.2, 0.25) is 0 Å². The molecule has 1 aliphatic rings. The van der Waals surface area contributed by atoms with E-state index in [2.05, 4.69) is 22.8 Å². The molecule has 0 saturated carbocycles. The number of carbonyl (C=O) groups is 1. The topological polar surface area (TPSA) is 101 Å². The van der Waals surface area contributed by atoms with E-state index in [0.29, 0.717) is 13.0 Å². The number of hydrogen-bond acceptors (Lipinski definition) is 4. The minimum absolute atomic E-state index is 0. The average Bonchev–Trinajstić information content (AvgIpc) is 3.12. The molecule has 6 nitrogen and oxygen atoms in total. The fourth-order valence-electron chi connectivity index (χ4n) is 3.20. The Kier molecular flexibility index (Phi) is 7.38. The monoisotopic (exact) mass is 409 g/mol. The van der Waals surface area contributed by atoms with Crippen LogP contribution in [0.3, 0.4) is 0 Å². The first-order valence-electron chi connectivity index (χ1n) is 8.64. The van der Waals surface area contributed by atoms with Crippen LogP contribution in [0, 0.1) is 0 Å². The Labute approximate surface area is 166 Å². The van der Waals surface area contributed by atoms with E-state index in [1.807, 2.05) is 18.2 Å². The van der Waals surface area contributed by atoms with Crippen LogP contribution in [0.4, 0.5) is 0 Å². The van der Waals surface area contributed by atoms with Gasteiger partial charge in [0, 0.05) is 12.6 Å². The molecule has 4 N–H and O–H groups in total. The summed E-state index contributed by atoms with van der Waals surface area (Å²) in [5, 5.41) is 11.4. The number of hydrogen-bond donors (Lipinski definition) is 3. The van der Waals surface area contributed by atoms with Gasteiger partial charge in [-0.3, -0.25) is 10.1 Å². The van der Waals surface area contributed by atoms with Gasteiger partial charge in [-0.2, -0.15) is 0 Å². The van der Waals surface area contributed by atoms with Crippen molar-refractivity contribution < 1.29 is 13.2 Å². The quantitative estimate of drug-likeness (QED) is 0.678. The number of primary sulfonamides is 1. The molecule has 3 rings (SSSR count). The molecular formula is C19H24ClN3O3S. The normalized spacial score (nSPS) is 19.3. The molecule has 0 aromatic heterocycles. The molecular weight excluding hydrogens is 386 g/mol. The summed E-state index contributed by atoms with van der Waals surface area (Å²) in [4.78, 5) is 12.4. The largest absolute Gasteiger partial charge is 0.354 e. The Morgan fingerprint density at radius 1 is 1.07 bits per heavy atom. The van der Waals surface area contributed by atoms with Crippen molar-refractivity contribution in [2.75, 3.05) is 6.54 Å². The molecule has 0 bridgehead atoms. The number of amides is 1. The predicted molar refractivity (Wildman–Crippen MR) is 107 cm³/mol. The number of halogens is 1. The molecule has 0 spiro atoms. The second kappa shape index (κ2) is 9.32. The maximum atomic E-state index is 12.3. The zero-order valence-electron chi connectivity index (χ0n) is 14.8. The molecule has 1 amide bonds. The molecule has 0 radical (unpaired) electrons. The number of sulfonamides is 1. The lowest BCUT2D eigenvalue weighted by atomic mass is 10.1. The van der Waals surface area contributed by atoms with Gasteiger partial charge in [-0.1, -0.05) is 42.5 Å². The summed E-state index contributed by atoms with van der Waals surface area (Å²) >= 11 is 0. The average molecular weight is 410 g/mol. The smallest absolute Gasteiger partial charge is 0.238 e. The van der Waals surface area contributed by atoms with E-state index < -0.39 is 10.0 Å². The molecule has 27 heavy (non-hydrogen) atoms. The van der Waals surface area contributed by atoms with Crippen molar-refractivity contribution in [3.63, 3.8) is 0 Å². The summed E-state index contributed by atoms with van der Waals surface area (Å²) in [6, 6.07) is 16.6. The standard InChI is InChI=1S/C19H23N3O3S.ClH/c20-26(24,25)16-8-6-14(7-9-16)12-13-21-19(23)18-11-10-17(22-18)15-4-2-1-3-5-15;/h1-9,17-18,22H,10-13H2,(H,21,23)(H2,20,24,25);1H/t17-,18-;/m1./s1. The second-order valence-corrected chi connectivity index (χ2v) is 8.05. The van der Waals surface area contributed by atoms with Gasteiger partial charge in [0.05, 0.1) is 10.9 Å². The van der Waals surface area contributed by atoms with Gasteiger partial charge < -0.3 is 5.32 Å². The van der Waals surface area contributed by atoms with E-state index in [9.17, 15) is 13.2 Å². The van der Waals surface area contributed by atoms with Crippen molar-refractivity contribution in [2.24, 2.45) is 5.14 Å². The molecule has 1 saturated heterocycles. The van der Waals surface area contributed by atoms with Crippen LogP contribution in [0.25, 0.3) is 0 Å². The Morgan fingerprint density at radius 3 is 2.37 bits per heavy atom. The second-order valence-electron chi connectivity index (χ2n) is 6.49. The van der Waals surface area contributed by atoms with E-state index >= 15 is 0 Å². The van der Waals surface area contributed by atoms with Crippen molar-refractivity contribution in [1.82, 2.24) is 10.6 Å². The highest BCUT2D eigenvalue weighted by Gasteiger charge is 2.29. The van der Waals surface area contributed by atoms with E-state index in [-0.39, 0.29) is 35.3 Å². The predicted octanol–water partition coefficient (Wildman–Crippen LogP) is 1.91. The van der Waals surface area contributed by atoms with Crippen LogP contribution in [0.1, 0.15) is 30.0 Å². The highest BCUT2D eigenvalue weighted by Crippen LogP contribution is 2.26. The number of nitrogens with one attached hydrogen (secondary N) is 2. The molecule has 146 valence electrons. The van der Waals surface area contributed by atoms with Gasteiger partial charge in [0.15, 0.2) is 0 Å². The van der Waals surface area contributed by atoms with E-state index in [4.69, 9.17) is 5.14 Å². The Hall–Kier alpha value is -1.93. The summed E-state index contributed by atoms with van der Waals surface area (Å²) in [5.41, 5.74) is 2.15. The third kappa shape index (κ3) is 5.77. The highest BCUT2D eigenvalue weighted by atomic mass is 35.5. The number of rotatable bonds is 6. The molecule has 2 aromatic rings. The molecule has 0 unspecified atom stereocenters. The van der Waals surface area contributed by atoms with Crippen LogP contribution in [-0.4, -0.2) is 26.9 Å². The van der Waals surface area contributed by atoms with Crippen LogP contribution in [0.15, 0.2) is 59.5 Å². The number of benzene rings is 2. The van der Waals surface area contributed by atoms with E-state index in [1.54, 1.807) is 12.1 Å². The van der Waals surface area contributed by atoms with Crippen LogP contribution in [0.5, 0.6) is 0 Å². The van der Waals surface area contributed by atoms with Gasteiger partial charge in [0.1, 0.15) is 0 Å². The zero-order chi connectivity index (χ0) is 18.6. The summed E-state index contributed by atoms with van der Waals surface area (Å²) in [6.45, 7) is 0.502. The van der Waals surface area contributed by atoms with Crippen molar-refractivity contribution in [3.05, 3.63) is 65.7 Å². The van der Waals surface area contributed by atoms with Crippen molar-refractivity contribution in [1.29, 1.82) is 0 Å². The number of nitrogens with two attached hydrogens (primary N) is 1. The first-order chi connectivity index (χ1) is 12.4. The fourth-order valence-corrected chi connectivity index (χ4v) is 3.71. The van der Waals surface area contributed by atoms with Crippen molar-refractivity contribution >= 4 is 28.3 Å². The van der Waals surface area contributed by atoms with Gasteiger partial charge in [-0.15, -0.1) is 12.4 Å². The van der Waals surface area contributed by atoms with Gasteiger partial charge >= 0.3 is 0 Å². The highest BCUT2D eigenvalue weighted by molar-refractivity contribution is 7.89. The van der Waals surface area contributed by atoms with Crippen molar-refractivity contribution in [3.8, 4) is 0 Å². The van der Waals surface area contributed by atoms with E-state index in [0.717, 1.165) is 18.4 Å². The maximum absolute atomic E-state index is 12.3. The first kappa shape index (κ1) is 21.4. The summed E-state index contributed by atoms with van der Waals surface area (Å²) in [7, 11) is -3.67. The summed E-state index contributed by atoms with van der Waals surface area (Å²) in [5.74, 6) is 0.00425. The summed E-state index contributed by atoms with van der Waals surface area (Å²) < 4.78 is 22.5.